The molecule has 18 heavy (non-hydrogen) atoms. The molecule has 1 aliphatic carbocycles. The Bertz CT molecular complexity index is 340. The van der Waals surface area contributed by atoms with E-state index in [-0.39, 0.29) is 17.0 Å². The van der Waals surface area contributed by atoms with Crippen molar-refractivity contribution in [3.8, 4) is 0 Å². The molecule has 1 aliphatic rings. The molecule has 0 saturated heterocycles. The average molecular weight is 277 g/mol. The number of methoxy groups -OCH3 is 1. The fourth-order valence-corrected chi connectivity index (χ4v) is 4.86. The molecule has 0 aromatic carbocycles. The summed E-state index contributed by atoms with van der Waals surface area (Å²) in [6.07, 6.45) is 2.87. The first-order valence-corrected chi connectivity index (χ1v) is 8.51. The molecule has 0 spiro atoms. The van der Waals surface area contributed by atoms with Gasteiger partial charge in [-0.25, -0.2) is 8.42 Å². The summed E-state index contributed by atoms with van der Waals surface area (Å²) in [5, 5.41) is 2.92. The fraction of sp³-hybridized carbons (Fsp3) is 1.00. The molecule has 0 aromatic rings. The number of nitrogens with one attached hydrogen (secondary N) is 1. The molecule has 0 radical (unpaired) electrons. The van der Waals surface area contributed by atoms with Gasteiger partial charge >= 0.3 is 0 Å². The van der Waals surface area contributed by atoms with E-state index in [1.807, 2.05) is 7.05 Å². The van der Waals surface area contributed by atoms with Crippen molar-refractivity contribution in [3.05, 3.63) is 0 Å². The molecule has 1 saturated carbocycles. The summed E-state index contributed by atoms with van der Waals surface area (Å²) in [7, 11) is 0.344. The van der Waals surface area contributed by atoms with Gasteiger partial charge in [-0.1, -0.05) is 13.8 Å². The molecule has 0 heterocycles. The highest BCUT2D eigenvalue weighted by molar-refractivity contribution is 7.92. The first-order valence-electron chi connectivity index (χ1n) is 6.80. The van der Waals surface area contributed by atoms with E-state index in [2.05, 4.69) is 19.2 Å². The molecule has 0 amide bonds. The van der Waals surface area contributed by atoms with Gasteiger partial charge in [0.2, 0.25) is 0 Å². The van der Waals surface area contributed by atoms with Crippen LogP contribution in [0.15, 0.2) is 0 Å². The van der Waals surface area contributed by atoms with Gasteiger partial charge in [-0.05, 0) is 38.1 Å². The Kier molecular flexibility index (Phi) is 6.08. The molecule has 5 heteroatoms. The smallest absolute Gasteiger partial charge is 0.156 e. The third-order valence-electron chi connectivity index (χ3n) is 4.18. The summed E-state index contributed by atoms with van der Waals surface area (Å²) < 4.78 is 29.6. The van der Waals surface area contributed by atoms with E-state index in [0.29, 0.717) is 18.4 Å². The van der Waals surface area contributed by atoms with Crippen molar-refractivity contribution in [1.82, 2.24) is 5.32 Å². The third-order valence-corrected chi connectivity index (χ3v) is 6.36. The summed E-state index contributed by atoms with van der Waals surface area (Å²) >= 11 is 0. The van der Waals surface area contributed by atoms with Gasteiger partial charge in [0.25, 0.3) is 0 Å². The van der Waals surface area contributed by atoms with E-state index < -0.39 is 9.84 Å². The molecule has 3 unspecified atom stereocenters. The molecule has 1 rings (SSSR count). The Morgan fingerprint density at radius 2 is 2.00 bits per heavy atom. The predicted molar refractivity (Wildman–Crippen MR) is 74.5 cm³/mol. The molecule has 4 nitrogen and oxygen atoms in total. The van der Waals surface area contributed by atoms with Gasteiger partial charge in [-0.15, -0.1) is 0 Å². The van der Waals surface area contributed by atoms with Gasteiger partial charge in [0.15, 0.2) is 9.84 Å². The minimum absolute atomic E-state index is 0.0989. The Labute approximate surface area is 111 Å². The number of sulfone groups is 1. The molecule has 108 valence electrons. The van der Waals surface area contributed by atoms with Gasteiger partial charge in [0.1, 0.15) is 0 Å². The standard InChI is InChI=1S/C13H27NO3S/c1-10(2)11-5-6-12(14-3)13(9-11)18(15,16)8-7-17-4/h10-14H,5-9H2,1-4H3. The summed E-state index contributed by atoms with van der Waals surface area (Å²) in [6.45, 7) is 4.66. The highest BCUT2D eigenvalue weighted by Crippen LogP contribution is 2.33. The van der Waals surface area contributed by atoms with E-state index in [4.69, 9.17) is 4.74 Å². The molecule has 0 bridgehead atoms. The van der Waals surface area contributed by atoms with Crippen molar-refractivity contribution in [2.75, 3.05) is 26.5 Å². The minimum atomic E-state index is -3.06. The van der Waals surface area contributed by atoms with Crippen LogP contribution in [0.4, 0.5) is 0 Å². The summed E-state index contributed by atoms with van der Waals surface area (Å²) in [5.74, 6) is 1.22. The van der Waals surface area contributed by atoms with Gasteiger partial charge in [-0.3, -0.25) is 0 Å². The van der Waals surface area contributed by atoms with E-state index >= 15 is 0 Å². The Morgan fingerprint density at radius 3 is 2.50 bits per heavy atom. The molecule has 1 N–H and O–H groups in total. The molecular weight excluding hydrogens is 250 g/mol. The van der Waals surface area contributed by atoms with Crippen LogP contribution in [0.5, 0.6) is 0 Å². The fourth-order valence-electron chi connectivity index (χ4n) is 2.84. The van der Waals surface area contributed by atoms with Crippen molar-refractivity contribution in [3.63, 3.8) is 0 Å². The van der Waals surface area contributed by atoms with Crippen LogP contribution in [0.2, 0.25) is 0 Å². The number of hydrogen-bond acceptors (Lipinski definition) is 4. The molecular formula is C13H27NO3S. The molecule has 0 aromatic heterocycles. The van der Waals surface area contributed by atoms with Crippen LogP contribution in [-0.2, 0) is 14.6 Å². The Hall–Kier alpha value is -0.130. The van der Waals surface area contributed by atoms with Gasteiger partial charge in [0, 0.05) is 13.2 Å². The van der Waals surface area contributed by atoms with Crippen LogP contribution in [0.1, 0.15) is 33.1 Å². The Morgan fingerprint density at radius 1 is 1.33 bits per heavy atom. The van der Waals surface area contributed by atoms with Crippen LogP contribution in [0.3, 0.4) is 0 Å². The van der Waals surface area contributed by atoms with Crippen molar-refractivity contribution >= 4 is 9.84 Å². The molecule has 1 fully saturated rings. The third kappa shape index (κ3) is 3.93. The first kappa shape index (κ1) is 15.9. The van der Waals surface area contributed by atoms with Gasteiger partial charge < -0.3 is 10.1 Å². The summed E-state index contributed by atoms with van der Waals surface area (Å²) in [6, 6.07) is 0.0989. The zero-order chi connectivity index (χ0) is 13.8. The monoisotopic (exact) mass is 277 g/mol. The second-order valence-corrected chi connectivity index (χ2v) is 7.95. The minimum Gasteiger partial charge on any atom is -0.384 e. The number of rotatable bonds is 6. The highest BCUT2D eigenvalue weighted by Gasteiger charge is 2.38. The Balaban J connectivity index is 2.79. The van der Waals surface area contributed by atoms with Crippen LogP contribution >= 0.6 is 0 Å². The predicted octanol–water partition coefficient (Wildman–Crippen LogP) is 1.46. The number of ether oxygens (including phenoxy) is 1. The maximum Gasteiger partial charge on any atom is 0.156 e. The van der Waals surface area contributed by atoms with Crippen molar-refractivity contribution < 1.29 is 13.2 Å². The normalized spacial score (nSPS) is 29.7. The lowest BCUT2D eigenvalue weighted by atomic mass is 9.79. The van der Waals surface area contributed by atoms with E-state index in [9.17, 15) is 8.42 Å². The van der Waals surface area contributed by atoms with Crippen molar-refractivity contribution in [2.45, 2.75) is 44.4 Å². The van der Waals surface area contributed by atoms with E-state index in [1.54, 1.807) is 7.11 Å². The molecule has 0 aliphatic heterocycles. The van der Waals surface area contributed by atoms with E-state index in [1.165, 1.54) is 0 Å². The van der Waals surface area contributed by atoms with Gasteiger partial charge in [0.05, 0.1) is 17.6 Å². The van der Waals surface area contributed by atoms with Crippen LogP contribution < -0.4 is 5.32 Å². The van der Waals surface area contributed by atoms with Gasteiger partial charge in [-0.2, -0.15) is 0 Å². The molecule has 3 atom stereocenters. The van der Waals surface area contributed by atoms with Crippen LogP contribution in [0.25, 0.3) is 0 Å². The topological polar surface area (TPSA) is 55.4 Å². The maximum absolute atomic E-state index is 12.4. The second-order valence-electron chi connectivity index (χ2n) is 5.61. The zero-order valence-electron chi connectivity index (χ0n) is 12.0. The summed E-state index contributed by atoms with van der Waals surface area (Å²) in [5.41, 5.74) is 0. The lowest BCUT2D eigenvalue weighted by Gasteiger charge is -2.37. The van der Waals surface area contributed by atoms with Crippen molar-refractivity contribution in [1.29, 1.82) is 0 Å². The average Bonchev–Trinajstić information content (AvgIpc) is 2.35. The van der Waals surface area contributed by atoms with E-state index in [0.717, 1.165) is 19.3 Å². The maximum atomic E-state index is 12.4. The lowest BCUT2D eigenvalue weighted by molar-refractivity contribution is 0.214. The SMILES string of the molecule is CNC1CCC(C(C)C)CC1S(=O)(=O)CCOC. The van der Waals surface area contributed by atoms with Crippen LogP contribution in [-0.4, -0.2) is 46.2 Å². The van der Waals surface area contributed by atoms with Crippen molar-refractivity contribution in [2.24, 2.45) is 11.8 Å². The zero-order valence-corrected chi connectivity index (χ0v) is 12.8. The largest absolute Gasteiger partial charge is 0.384 e. The number of hydrogen-bond donors (Lipinski definition) is 1. The first-order chi connectivity index (χ1) is 8.42. The highest BCUT2D eigenvalue weighted by atomic mass is 32.2. The quantitative estimate of drug-likeness (QED) is 0.798. The summed E-state index contributed by atoms with van der Waals surface area (Å²) in [4.78, 5) is 0. The van der Waals surface area contributed by atoms with Crippen LogP contribution in [0, 0.1) is 11.8 Å². The second kappa shape index (κ2) is 6.87. The lowest BCUT2D eigenvalue weighted by Crippen LogP contribution is -2.48.